The Morgan fingerprint density at radius 1 is 0.952 bits per heavy atom. The Hall–Kier alpha value is -2.07. The van der Waals surface area contributed by atoms with Crippen LogP contribution >= 0.6 is 15.9 Å². The number of nitrogen functional groups attached to an aromatic ring is 1. The Labute approximate surface area is 131 Å². The SMILES string of the molecule is Nc1onc(CCc2ccccc2)c1-c1ccccc1Br. The zero-order valence-electron chi connectivity index (χ0n) is 11.4. The highest BCUT2D eigenvalue weighted by Crippen LogP contribution is 2.35. The van der Waals surface area contributed by atoms with Crippen LogP contribution in [0.25, 0.3) is 11.1 Å². The zero-order valence-corrected chi connectivity index (χ0v) is 13.0. The van der Waals surface area contributed by atoms with Crippen molar-refractivity contribution in [3.05, 3.63) is 70.3 Å². The number of hydrogen-bond donors (Lipinski definition) is 1. The predicted octanol–water partition coefficient (Wildman–Crippen LogP) is 4.47. The van der Waals surface area contributed by atoms with E-state index in [0.717, 1.165) is 34.1 Å². The summed E-state index contributed by atoms with van der Waals surface area (Å²) in [5, 5.41) is 4.13. The maximum atomic E-state index is 5.96. The van der Waals surface area contributed by atoms with Crippen molar-refractivity contribution in [2.75, 3.05) is 5.73 Å². The summed E-state index contributed by atoms with van der Waals surface area (Å²) < 4.78 is 6.19. The number of benzene rings is 2. The molecule has 2 aromatic carbocycles. The van der Waals surface area contributed by atoms with Crippen LogP contribution in [0.4, 0.5) is 5.88 Å². The van der Waals surface area contributed by atoms with Crippen molar-refractivity contribution >= 4 is 21.8 Å². The van der Waals surface area contributed by atoms with E-state index in [1.54, 1.807) is 0 Å². The molecule has 0 unspecified atom stereocenters. The largest absolute Gasteiger partial charge is 0.367 e. The second-order valence-corrected chi connectivity index (χ2v) is 5.69. The minimum Gasteiger partial charge on any atom is -0.367 e. The van der Waals surface area contributed by atoms with Gasteiger partial charge in [-0.05, 0) is 24.5 Å². The number of aryl methyl sites for hydroxylation is 2. The maximum absolute atomic E-state index is 5.96. The van der Waals surface area contributed by atoms with Gasteiger partial charge in [0.05, 0.1) is 11.3 Å². The van der Waals surface area contributed by atoms with Crippen molar-refractivity contribution in [3.8, 4) is 11.1 Å². The molecule has 0 aliphatic carbocycles. The summed E-state index contributed by atoms with van der Waals surface area (Å²) in [4.78, 5) is 0. The Morgan fingerprint density at radius 3 is 2.43 bits per heavy atom. The number of halogens is 1. The average molecular weight is 343 g/mol. The van der Waals surface area contributed by atoms with Crippen LogP contribution in [0.1, 0.15) is 11.3 Å². The molecule has 0 amide bonds. The minimum atomic E-state index is 0.366. The van der Waals surface area contributed by atoms with Gasteiger partial charge in [-0.25, -0.2) is 0 Å². The molecule has 21 heavy (non-hydrogen) atoms. The van der Waals surface area contributed by atoms with E-state index in [-0.39, 0.29) is 0 Å². The third kappa shape index (κ3) is 3.00. The lowest BCUT2D eigenvalue weighted by Gasteiger charge is -2.05. The average Bonchev–Trinajstić information content (AvgIpc) is 2.88. The Bertz CT molecular complexity index is 738. The van der Waals surface area contributed by atoms with Gasteiger partial charge in [-0.2, -0.15) is 0 Å². The van der Waals surface area contributed by atoms with Crippen molar-refractivity contribution in [1.82, 2.24) is 5.16 Å². The Morgan fingerprint density at radius 2 is 1.67 bits per heavy atom. The van der Waals surface area contributed by atoms with Crippen LogP contribution < -0.4 is 5.73 Å². The van der Waals surface area contributed by atoms with Crippen LogP contribution in [0.2, 0.25) is 0 Å². The second-order valence-electron chi connectivity index (χ2n) is 4.83. The zero-order chi connectivity index (χ0) is 14.7. The molecule has 0 aliphatic heterocycles. The second kappa shape index (κ2) is 6.14. The van der Waals surface area contributed by atoms with Gasteiger partial charge >= 0.3 is 0 Å². The van der Waals surface area contributed by atoms with Gasteiger partial charge in [-0.15, -0.1) is 0 Å². The minimum absolute atomic E-state index is 0.366. The number of anilines is 1. The van der Waals surface area contributed by atoms with E-state index in [0.29, 0.717) is 5.88 Å². The first-order valence-electron chi connectivity index (χ1n) is 6.78. The third-order valence-corrected chi connectivity index (χ3v) is 4.12. The smallest absolute Gasteiger partial charge is 0.230 e. The lowest BCUT2D eigenvalue weighted by atomic mass is 10.0. The standard InChI is InChI=1S/C17H15BrN2O/c18-14-9-5-4-8-13(14)16-15(20-21-17(16)19)11-10-12-6-2-1-3-7-12/h1-9H,10-11,19H2. The molecular formula is C17H15BrN2O. The van der Waals surface area contributed by atoms with Crippen molar-refractivity contribution in [3.63, 3.8) is 0 Å². The van der Waals surface area contributed by atoms with Crippen LogP contribution in [-0.4, -0.2) is 5.16 Å². The highest BCUT2D eigenvalue weighted by molar-refractivity contribution is 9.10. The first kappa shape index (κ1) is 13.9. The van der Waals surface area contributed by atoms with E-state index in [2.05, 4.69) is 33.2 Å². The van der Waals surface area contributed by atoms with Crippen LogP contribution in [0.5, 0.6) is 0 Å². The molecule has 0 fully saturated rings. The molecule has 3 nitrogen and oxygen atoms in total. The topological polar surface area (TPSA) is 52.0 Å². The molecule has 0 aliphatic rings. The number of nitrogens with two attached hydrogens (primary N) is 1. The highest BCUT2D eigenvalue weighted by atomic mass is 79.9. The summed E-state index contributed by atoms with van der Waals surface area (Å²) in [6.07, 6.45) is 1.70. The fourth-order valence-corrected chi connectivity index (χ4v) is 2.85. The van der Waals surface area contributed by atoms with E-state index in [9.17, 15) is 0 Å². The van der Waals surface area contributed by atoms with Gasteiger partial charge < -0.3 is 10.3 Å². The van der Waals surface area contributed by atoms with Gasteiger partial charge in [0, 0.05) is 10.0 Å². The normalized spacial score (nSPS) is 10.7. The molecule has 0 saturated heterocycles. The van der Waals surface area contributed by atoms with Gasteiger partial charge in [0.1, 0.15) is 0 Å². The van der Waals surface area contributed by atoms with E-state index in [1.165, 1.54) is 5.56 Å². The first-order chi connectivity index (χ1) is 10.3. The van der Waals surface area contributed by atoms with Crippen LogP contribution in [0.15, 0.2) is 63.6 Å². The van der Waals surface area contributed by atoms with Crippen molar-refractivity contribution in [2.24, 2.45) is 0 Å². The predicted molar refractivity (Wildman–Crippen MR) is 87.9 cm³/mol. The van der Waals surface area contributed by atoms with E-state index in [1.807, 2.05) is 42.5 Å². The monoisotopic (exact) mass is 342 g/mol. The van der Waals surface area contributed by atoms with E-state index < -0.39 is 0 Å². The van der Waals surface area contributed by atoms with Crippen molar-refractivity contribution in [2.45, 2.75) is 12.8 Å². The number of aromatic nitrogens is 1. The van der Waals surface area contributed by atoms with Crippen LogP contribution in [0, 0.1) is 0 Å². The van der Waals surface area contributed by atoms with Crippen molar-refractivity contribution in [1.29, 1.82) is 0 Å². The van der Waals surface area contributed by atoms with Crippen LogP contribution in [-0.2, 0) is 12.8 Å². The fraction of sp³-hybridized carbons (Fsp3) is 0.118. The number of hydrogen-bond acceptors (Lipinski definition) is 3. The van der Waals surface area contributed by atoms with Gasteiger partial charge in [0.15, 0.2) is 0 Å². The molecule has 3 aromatic rings. The molecule has 0 radical (unpaired) electrons. The summed E-state index contributed by atoms with van der Waals surface area (Å²) in [5.74, 6) is 0.366. The number of rotatable bonds is 4. The summed E-state index contributed by atoms with van der Waals surface area (Å²) in [5.41, 5.74) is 10.0. The molecule has 0 bridgehead atoms. The molecule has 3 rings (SSSR count). The highest BCUT2D eigenvalue weighted by Gasteiger charge is 2.17. The first-order valence-corrected chi connectivity index (χ1v) is 7.58. The maximum Gasteiger partial charge on any atom is 0.230 e. The fourth-order valence-electron chi connectivity index (χ4n) is 2.37. The van der Waals surface area contributed by atoms with Crippen LogP contribution in [0.3, 0.4) is 0 Å². The van der Waals surface area contributed by atoms with Crippen molar-refractivity contribution < 1.29 is 4.52 Å². The van der Waals surface area contributed by atoms with E-state index in [4.69, 9.17) is 10.3 Å². The lowest BCUT2D eigenvalue weighted by molar-refractivity contribution is 0.427. The third-order valence-electron chi connectivity index (χ3n) is 3.43. The molecular weight excluding hydrogens is 328 g/mol. The molecule has 1 aromatic heterocycles. The molecule has 0 atom stereocenters. The summed E-state index contributed by atoms with van der Waals surface area (Å²) >= 11 is 3.56. The van der Waals surface area contributed by atoms with E-state index >= 15 is 0 Å². The van der Waals surface area contributed by atoms with Gasteiger partial charge in [0.2, 0.25) is 5.88 Å². The Kier molecular flexibility index (Phi) is 4.06. The molecule has 4 heteroatoms. The lowest BCUT2D eigenvalue weighted by Crippen LogP contribution is -1.95. The van der Waals surface area contributed by atoms with Gasteiger partial charge in [-0.1, -0.05) is 69.6 Å². The van der Waals surface area contributed by atoms with Gasteiger partial charge in [0.25, 0.3) is 0 Å². The summed E-state index contributed by atoms with van der Waals surface area (Å²) in [6, 6.07) is 18.3. The Balaban J connectivity index is 1.89. The molecule has 0 saturated carbocycles. The molecule has 106 valence electrons. The molecule has 2 N–H and O–H groups in total. The quantitative estimate of drug-likeness (QED) is 0.760. The summed E-state index contributed by atoms with van der Waals surface area (Å²) in [7, 11) is 0. The van der Waals surface area contributed by atoms with Gasteiger partial charge in [-0.3, -0.25) is 0 Å². The molecule has 1 heterocycles. The number of nitrogens with zero attached hydrogens (tertiary/aromatic N) is 1. The summed E-state index contributed by atoms with van der Waals surface area (Å²) in [6.45, 7) is 0. The molecule has 0 spiro atoms.